The molecule has 1 atom stereocenters. The number of rotatable bonds is 3. The number of nitrogens with one attached hydrogen (secondary N) is 1. The van der Waals surface area contributed by atoms with Gasteiger partial charge < -0.3 is 14.8 Å². The van der Waals surface area contributed by atoms with Crippen molar-refractivity contribution in [2.45, 2.75) is 13.1 Å². The molecule has 0 fully saturated rings. The SMILES string of the molecule is Cc1ccc(N2C(=O)c3cccnc3C2Nc2ccc3c(c2)OCO3)cc1. The number of ether oxygens (including phenoxy) is 2. The molecule has 5 rings (SSSR count). The summed E-state index contributed by atoms with van der Waals surface area (Å²) in [5, 5.41) is 3.43. The minimum atomic E-state index is -0.406. The fourth-order valence-corrected chi connectivity index (χ4v) is 3.43. The van der Waals surface area contributed by atoms with E-state index < -0.39 is 6.17 Å². The smallest absolute Gasteiger partial charge is 0.262 e. The third-order valence-corrected chi connectivity index (χ3v) is 4.79. The average molecular weight is 359 g/mol. The molecule has 3 aromatic rings. The number of aryl methyl sites for hydroxylation is 1. The van der Waals surface area contributed by atoms with E-state index in [4.69, 9.17) is 9.47 Å². The first kappa shape index (κ1) is 15.7. The highest BCUT2D eigenvalue weighted by molar-refractivity contribution is 6.11. The van der Waals surface area contributed by atoms with Gasteiger partial charge in [0.05, 0.1) is 11.3 Å². The van der Waals surface area contributed by atoms with Crippen LogP contribution in [0.25, 0.3) is 0 Å². The number of anilines is 2. The number of carbonyl (C=O) groups excluding carboxylic acids is 1. The van der Waals surface area contributed by atoms with Crippen molar-refractivity contribution in [3.05, 3.63) is 77.6 Å². The molecule has 1 unspecified atom stereocenters. The van der Waals surface area contributed by atoms with Crippen LogP contribution in [0.3, 0.4) is 0 Å². The maximum atomic E-state index is 13.1. The number of hydrogen-bond donors (Lipinski definition) is 1. The number of pyridine rings is 1. The maximum absolute atomic E-state index is 13.1. The Kier molecular flexibility index (Phi) is 3.50. The van der Waals surface area contributed by atoms with E-state index in [0.717, 1.165) is 22.7 Å². The molecule has 6 nitrogen and oxygen atoms in total. The fraction of sp³-hybridized carbons (Fsp3) is 0.143. The zero-order valence-corrected chi connectivity index (χ0v) is 14.7. The van der Waals surface area contributed by atoms with Gasteiger partial charge in [-0.1, -0.05) is 17.7 Å². The monoisotopic (exact) mass is 359 g/mol. The Morgan fingerprint density at radius 1 is 1.07 bits per heavy atom. The highest BCUT2D eigenvalue weighted by Crippen LogP contribution is 2.39. The van der Waals surface area contributed by atoms with Crippen molar-refractivity contribution in [2.75, 3.05) is 17.0 Å². The Balaban J connectivity index is 1.56. The van der Waals surface area contributed by atoms with Crippen molar-refractivity contribution in [1.82, 2.24) is 4.98 Å². The van der Waals surface area contributed by atoms with Gasteiger partial charge >= 0.3 is 0 Å². The maximum Gasteiger partial charge on any atom is 0.262 e. The van der Waals surface area contributed by atoms with Crippen LogP contribution in [0.4, 0.5) is 11.4 Å². The molecule has 27 heavy (non-hydrogen) atoms. The summed E-state index contributed by atoms with van der Waals surface area (Å²) in [6, 6.07) is 17.1. The Bertz CT molecular complexity index is 1030. The molecule has 2 aromatic carbocycles. The Labute approximate surface area is 156 Å². The summed E-state index contributed by atoms with van der Waals surface area (Å²) in [4.78, 5) is 19.3. The number of nitrogens with zero attached hydrogens (tertiary/aromatic N) is 2. The van der Waals surface area contributed by atoms with E-state index >= 15 is 0 Å². The van der Waals surface area contributed by atoms with Crippen molar-refractivity contribution < 1.29 is 14.3 Å². The van der Waals surface area contributed by atoms with Crippen LogP contribution >= 0.6 is 0 Å². The zero-order valence-electron chi connectivity index (χ0n) is 14.7. The number of amides is 1. The molecule has 6 heteroatoms. The van der Waals surface area contributed by atoms with E-state index in [2.05, 4.69) is 10.3 Å². The number of benzene rings is 2. The third-order valence-electron chi connectivity index (χ3n) is 4.79. The molecule has 1 aromatic heterocycles. The van der Waals surface area contributed by atoms with Crippen LogP contribution in [-0.2, 0) is 0 Å². The quantitative estimate of drug-likeness (QED) is 0.769. The van der Waals surface area contributed by atoms with Crippen molar-refractivity contribution in [3.63, 3.8) is 0 Å². The molecule has 1 amide bonds. The van der Waals surface area contributed by atoms with Gasteiger partial charge in [0.25, 0.3) is 5.91 Å². The molecular weight excluding hydrogens is 342 g/mol. The van der Waals surface area contributed by atoms with Crippen molar-refractivity contribution in [3.8, 4) is 11.5 Å². The third kappa shape index (κ3) is 2.57. The standard InChI is InChI=1S/C21H17N3O3/c1-13-4-7-15(8-5-13)24-20(19-16(21(24)25)3-2-10-22-19)23-14-6-9-17-18(11-14)27-12-26-17/h2-11,20,23H,12H2,1H3. The minimum absolute atomic E-state index is 0.0693. The molecule has 134 valence electrons. The first-order valence-electron chi connectivity index (χ1n) is 8.72. The van der Waals surface area contributed by atoms with Gasteiger partial charge in [0, 0.05) is 23.6 Å². The van der Waals surface area contributed by atoms with Crippen LogP contribution in [0.1, 0.15) is 27.8 Å². The number of carbonyl (C=O) groups is 1. The lowest BCUT2D eigenvalue weighted by Gasteiger charge is -2.26. The van der Waals surface area contributed by atoms with Gasteiger partial charge in [-0.2, -0.15) is 0 Å². The number of fused-ring (bicyclic) bond motifs is 2. The second-order valence-corrected chi connectivity index (χ2v) is 6.56. The molecule has 2 aliphatic heterocycles. The van der Waals surface area contributed by atoms with Crippen LogP contribution < -0.4 is 19.7 Å². The molecule has 0 aliphatic carbocycles. The van der Waals surface area contributed by atoms with E-state index in [-0.39, 0.29) is 12.7 Å². The molecule has 2 aliphatic rings. The summed E-state index contributed by atoms with van der Waals surface area (Å²) < 4.78 is 10.8. The van der Waals surface area contributed by atoms with Gasteiger partial charge in [-0.05, 0) is 43.3 Å². The lowest BCUT2D eigenvalue weighted by Crippen LogP contribution is -2.32. The fourth-order valence-electron chi connectivity index (χ4n) is 3.43. The first-order valence-corrected chi connectivity index (χ1v) is 8.72. The normalized spacial score (nSPS) is 17.1. The lowest BCUT2D eigenvalue weighted by atomic mass is 10.2. The van der Waals surface area contributed by atoms with Crippen molar-refractivity contribution in [2.24, 2.45) is 0 Å². The second-order valence-electron chi connectivity index (χ2n) is 6.56. The second kappa shape index (κ2) is 6.02. The summed E-state index contributed by atoms with van der Waals surface area (Å²) >= 11 is 0. The van der Waals surface area contributed by atoms with E-state index in [0.29, 0.717) is 17.0 Å². The van der Waals surface area contributed by atoms with Gasteiger partial charge in [0.15, 0.2) is 17.7 Å². The van der Waals surface area contributed by atoms with E-state index in [9.17, 15) is 4.79 Å². The summed E-state index contributed by atoms with van der Waals surface area (Å²) in [6.07, 6.45) is 1.30. The van der Waals surface area contributed by atoms with Crippen LogP contribution in [0.15, 0.2) is 60.8 Å². The molecule has 0 saturated carbocycles. The van der Waals surface area contributed by atoms with Gasteiger partial charge in [-0.25, -0.2) is 0 Å². The number of hydrogen-bond acceptors (Lipinski definition) is 5. The molecule has 1 N–H and O–H groups in total. The predicted molar refractivity (Wildman–Crippen MR) is 101 cm³/mol. The van der Waals surface area contributed by atoms with E-state index in [1.54, 1.807) is 17.2 Å². The minimum Gasteiger partial charge on any atom is -0.454 e. The first-order chi connectivity index (χ1) is 13.2. The van der Waals surface area contributed by atoms with Crippen LogP contribution in [0, 0.1) is 6.92 Å². The molecule has 0 saturated heterocycles. The summed E-state index contributed by atoms with van der Waals surface area (Å²) in [5.74, 6) is 1.34. The Morgan fingerprint density at radius 3 is 2.74 bits per heavy atom. The van der Waals surface area contributed by atoms with E-state index in [1.165, 1.54) is 0 Å². The van der Waals surface area contributed by atoms with Crippen LogP contribution in [0.5, 0.6) is 11.5 Å². The molecule has 0 spiro atoms. The van der Waals surface area contributed by atoms with Crippen molar-refractivity contribution >= 4 is 17.3 Å². The molecule has 3 heterocycles. The van der Waals surface area contributed by atoms with Gasteiger partial charge in [0.2, 0.25) is 6.79 Å². The number of aromatic nitrogens is 1. The summed E-state index contributed by atoms with van der Waals surface area (Å²) in [6.45, 7) is 2.24. The Hall–Kier alpha value is -3.54. The summed E-state index contributed by atoms with van der Waals surface area (Å²) in [7, 11) is 0. The van der Waals surface area contributed by atoms with Crippen LogP contribution in [-0.4, -0.2) is 17.7 Å². The van der Waals surface area contributed by atoms with Gasteiger partial charge in [0.1, 0.15) is 0 Å². The molecule has 0 bridgehead atoms. The summed E-state index contributed by atoms with van der Waals surface area (Å²) in [5.41, 5.74) is 4.10. The van der Waals surface area contributed by atoms with Crippen molar-refractivity contribution in [1.29, 1.82) is 0 Å². The highest BCUT2D eigenvalue weighted by Gasteiger charge is 2.39. The largest absolute Gasteiger partial charge is 0.454 e. The molecular formula is C21H17N3O3. The van der Waals surface area contributed by atoms with Gasteiger partial charge in [-0.3, -0.25) is 14.7 Å². The van der Waals surface area contributed by atoms with E-state index in [1.807, 2.05) is 55.5 Å². The topological polar surface area (TPSA) is 63.7 Å². The molecule has 0 radical (unpaired) electrons. The lowest BCUT2D eigenvalue weighted by molar-refractivity contribution is 0.0993. The van der Waals surface area contributed by atoms with Crippen LogP contribution in [0.2, 0.25) is 0 Å². The average Bonchev–Trinajstić information content (AvgIpc) is 3.26. The predicted octanol–water partition coefficient (Wildman–Crippen LogP) is 3.89. The van der Waals surface area contributed by atoms with Gasteiger partial charge in [-0.15, -0.1) is 0 Å². The zero-order chi connectivity index (χ0) is 18.4. The highest BCUT2D eigenvalue weighted by atomic mass is 16.7. The Morgan fingerprint density at radius 2 is 1.89 bits per heavy atom.